The summed E-state index contributed by atoms with van der Waals surface area (Å²) in [6.07, 6.45) is 12.2. The first-order valence-electron chi connectivity index (χ1n) is 23.7. The van der Waals surface area contributed by atoms with Crippen molar-refractivity contribution in [2.45, 2.75) is 127 Å². The molecule has 8 rings (SSSR count). The molecule has 5 aromatic carbocycles. The lowest BCUT2D eigenvalue weighted by atomic mass is 9.82. The van der Waals surface area contributed by atoms with Gasteiger partial charge in [0, 0.05) is 23.1 Å². The molecule has 0 fully saturated rings. The van der Waals surface area contributed by atoms with E-state index in [1.165, 1.54) is 85.2 Å². The van der Waals surface area contributed by atoms with Gasteiger partial charge in [0.15, 0.2) is 0 Å². The molecule has 0 spiro atoms. The Kier molecular flexibility index (Phi) is 20.1. The first-order chi connectivity index (χ1) is 30.8. The Morgan fingerprint density at radius 3 is 1.83 bits per heavy atom. The van der Waals surface area contributed by atoms with Crippen LogP contribution in [0.5, 0.6) is 0 Å². The Morgan fingerprint density at radius 1 is 0.719 bits per heavy atom. The second-order valence-electron chi connectivity index (χ2n) is 17.6. The van der Waals surface area contributed by atoms with E-state index in [1.807, 2.05) is 31.2 Å². The molecule has 3 aliphatic carbocycles. The van der Waals surface area contributed by atoms with Crippen LogP contribution in [-0.4, -0.2) is 11.8 Å². The van der Waals surface area contributed by atoms with Crippen molar-refractivity contribution in [2.24, 2.45) is 10.9 Å². The number of aliphatic imine (C=N–C) groups is 1. The molecule has 0 radical (unpaired) electrons. The minimum Gasteiger partial charge on any atom is -0.268 e. The smallest absolute Gasteiger partial charge is 0.135 e. The van der Waals surface area contributed by atoms with Crippen LogP contribution in [0.15, 0.2) is 180 Å². The third-order valence-corrected chi connectivity index (χ3v) is 11.8. The van der Waals surface area contributed by atoms with E-state index in [1.54, 1.807) is 0 Å². The monoisotopic (exact) mass is 846 g/mol. The summed E-state index contributed by atoms with van der Waals surface area (Å²) >= 11 is 0. The normalized spacial score (nSPS) is 15.7. The first kappa shape index (κ1) is 50.7. The fourth-order valence-electron chi connectivity index (χ4n) is 8.14. The minimum absolute atomic E-state index is 0.0995. The summed E-state index contributed by atoms with van der Waals surface area (Å²) < 4.78 is 0. The van der Waals surface area contributed by atoms with Crippen molar-refractivity contribution in [3.63, 3.8) is 0 Å². The molecule has 0 saturated carbocycles. The van der Waals surface area contributed by atoms with Gasteiger partial charge in [0.05, 0.1) is 0 Å². The van der Waals surface area contributed by atoms with Crippen molar-refractivity contribution in [2.75, 3.05) is 0 Å². The molecule has 0 amide bonds. The Balaban J connectivity index is 0.000000216. The van der Waals surface area contributed by atoms with Crippen LogP contribution >= 0.6 is 0 Å². The largest absolute Gasteiger partial charge is 0.268 e. The van der Waals surface area contributed by atoms with E-state index in [-0.39, 0.29) is 11.5 Å². The molecular formula is C63H75N. The number of hydrogen-bond acceptors (Lipinski definition) is 1. The number of rotatable bonds is 6. The van der Waals surface area contributed by atoms with E-state index in [2.05, 4.69) is 222 Å². The van der Waals surface area contributed by atoms with Crippen LogP contribution in [0.1, 0.15) is 142 Å². The molecular weight excluding hydrogens is 771 g/mol. The number of benzene rings is 5. The van der Waals surface area contributed by atoms with Crippen LogP contribution in [-0.2, 0) is 11.8 Å². The molecule has 0 aliphatic heterocycles. The van der Waals surface area contributed by atoms with Gasteiger partial charge in [0.2, 0.25) is 0 Å². The fraction of sp³-hybridized carbons (Fsp3) is 0.317. The third-order valence-electron chi connectivity index (χ3n) is 11.8. The lowest BCUT2D eigenvalue weighted by Gasteiger charge is -2.22. The Labute approximate surface area is 389 Å². The molecule has 0 bridgehead atoms. The molecule has 0 saturated heterocycles. The van der Waals surface area contributed by atoms with Crippen molar-refractivity contribution in [1.82, 2.24) is 0 Å². The van der Waals surface area contributed by atoms with Crippen molar-refractivity contribution >= 4 is 22.4 Å². The predicted octanol–water partition coefficient (Wildman–Crippen LogP) is 17.8. The molecule has 0 heterocycles. The molecule has 64 heavy (non-hydrogen) atoms. The number of nitrogens with zero attached hydrogens (tertiary/aromatic N) is 1. The predicted molar refractivity (Wildman–Crippen MR) is 285 cm³/mol. The lowest BCUT2D eigenvalue weighted by molar-refractivity contribution is 0.639. The third kappa shape index (κ3) is 13.3. The highest BCUT2D eigenvalue weighted by molar-refractivity contribution is 6.04. The van der Waals surface area contributed by atoms with Crippen LogP contribution < -0.4 is 0 Å². The van der Waals surface area contributed by atoms with Gasteiger partial charge in [-0.3, -0.25) is 4.99 Å². The van der Waals surface area contributed by atoms with Gasteiger partial charge in [0.1, 0.15) is 6.04 Å². The maximum Gasteiger partial charge on any atom is 0.135 e. The molecule has 0 aromatic heterocycles. The molecule has 5 aromatic rings. The summed E-state index contributed by atoms with van der Waals surface area (Å²) in [6, 6.07) is 46.8. The van der Waals surface area contributed by atoms with E-state index in [9.17, 15) is 0 Å². The highest BCUT2D eigenvalue weighted by atomic mass is 14.8. The van der Waals surface area contributed by atoms with E-state index < -0.39 is 0 Å². The van der Waals surface area contributed by atoms with Gasteiger partial charge in [-0.05, 0) is 108 Å². The second kappa shape index (κ2) is 25.4. The van der Waals surface area contributed by atoms with Gasteiger partial charge < -0.3 is 0 Å². The van der Waals surface area contributed by atoms with Gasteiger partial charge in [-0.25, -0.2) is 0 Å². The zero-order valence-electron chi connectivity index (χ0n) is 41.3. The molecule has 2 unspecified atom stereocenters. The van der Waals surface area contributed by atoms with Crippen molar-refractivity contribution < 1.29 is 0 Å². The van der Waals surface area contributed by atoms with Crippen LogP contribution in [0.25, 0.3) is 27.8 Å². The molecule has 0 N–H and O–H groups in total. The zero-order chi connectivity index (χ0) is 46.6. The molecule has 1 nitrogen and oxygen atoms in total. The molecule has 2 atom stereocenters. The molecule has 1 heteroatoms. The second-order valence-corrected chi connectivity index (χ2v) is 17.6. The van der Waals surface area contributed by atoms with Gasteiger partial charge in [-0.1, -0.05) is 244 Å². The summed E-state index contributed by atoms with van der Waals surface area (Å²) in [7, 11) is 0. The van der Waals surface area contributed by atoms with Crippen LogP contribution in [0.3, 0.4) is 0 Å². The average molecular weight is 846 g/mol. The average Bonchev–Trinajstić information content (AvgIpc) is 3.74. The van der Waals surface area contributed by atoms with Crippen LogP contribution in [0.2, 0.25) is 0 Å². The highest BCUT2D eigenvalue weighted by Crippen LogP contribution is 2.51. The Hall–Kier alpha value is -5.97. The SMILES string of the molecule is C=C(C)c1ccccc1.CC1=C(C2=C(C)C(C)(C)c3ccccc32)Cc2ccccc21.CCC.CCC.CCC#CC(N=C(C)c1ccccc1-c1ccccc1)C1=CCC(C)C=C1. The first-order valence-corrected chi connectivity index (χ1v) is 23.7. The summed E-state index contributed by atoms with van der Waals surface area (Å²) in [6.45, 7) is 30.1. The van der Waals surface area contributed by atoms with Crippen molar-refractivity contribution in [1.29, 1.82) is 0 Å². The quantitative estimate of drug-likeness (QED) is 0.119. The van der Waals surface area contributed by atoms with Gasteiger partial charge in [-0.15, -0.1) is 5.92 Å². The number of hydrogen-bond donors (Lipinski definition) is 0. The topological polar surface area (TPSA) is 12.4 Å². The standard InChI is InChI=1S/C26H27N.C22H22.C9H10.2C3H8/c1-4-5-15-26(23-18-16-20(2)17-19-23)27-21(3)24-13-9-10-14-25(24)22-11-7-6-8-12-22;1-14-17-10-6-5-9-16(17)13-19(14)21-15(2)22(3,4)20-12-8-7-11-18(20)21;1-8(2)9-6-4-3-5-7-9;2*1-3-2/h6-14,16,18-20,26H,4,17H2,1-3H3;5-12H,13H2,1-4H3;3-7H,1H2,2H3;2*3H2,1-2H3. The lowest BCUT2D eigenvalue weighted by Crippen LogP contribution is -2.15. The summed E-state index contributed by atoms with van der Waals surface area (Å²) in [5, 5.41) is 0. The van der Waals surface area contributed by atoms with E-state index in [4.69, 9.17) is 4.99 Å². The maximum absolute atomic E-state index is 5.04. The Bertz CT molecular complexity index is 2500. The molecule has 3 aliphatic rings. The van der Waals surface area contributed by atoms with E-state index in [0.717, 1.165) is 30.5 Å². The fourth-order valence-corrected chi connectivity index (χ4v) is 8.14. The molecule has 332 valence electrons. The van der Waals surface area contributed by atoms with Gasteiger partial charge in [0.25, 0.3) is 0 Å². The summed E-state index contributed by atoms with van der Waals surface area (Å²) in [4.78, 5) is 5.04. The zero-order valence-corrected chi connectivity index (χ0v) is 41.3. The maximum atomic E-state index is 5.04. The number of allylic oxidation sites excluding steroid dienone is 7. The van der Waals surface area contributed by atoms with E-state index >= 15 is 0 Å². The van der Waals surface area contributed by atoms with Crippen LogP contribution in [0, 0.1) is 17.8 Å². The van der Waals surface area contributed by atoms with Crippen LogP contribution in [0.4, 0.5) is 0 Å². The van der Waals surface area contributed by atoms with Gasteiger partial charge in [-0.2, -0.15) is 0 Å². The highest BCUT2D eigenvalue weighted by Gasteiger charge is 2.37. The Morgan fingerprint density at radius 2 is 1.27 bits per heavy atom. The van der Waals surface area contributed by atoms with Crippen molar-refractivity contribution in [3.8, 4) is 23.0 Å². The summed E-state index contributed by atoms with van der Waals surface area (Å²) in [5.74, 6) is 7.18. The minimum atomic E-state index is -0.0995. The number of fused-ring (bicyclic) bond motifs is 2. The van der Waals surface area contributed by atoms with Gasteiger partial charge >= 0.3 is 0 Å². The van der Waals surface area contributed by atoms with E-state index in [0.29, 0.717) is 5.92 Å². The van der Waals surface area contributed by atoms with Crippen molar-refractivity contribution in [3.05, 3.63) is 208 Å². The summed E-state index contributed by atoms with van der Waals surface area (Å²) in [5.41, 5.74) is 20.1.